The van der Waals surface area contributed by atoms with Crippen molar-refractivity contribution in [3.05, 3.63) is 11.8 Å². The lowest BCUT2D eigenvalue weighted by molar-refractivity contribution is -0.125. The molecule has 2 N–H and O–H groups in total. The maximum absolute atomic E-state index is 11.6. The number of anilines is 2. The molecule has 6 heteroatoms. The van der Waals surface area contributed by atoms with Gasteiger partial charge >= 0.3 is 0 Å². The molecule has 104 valence electrons. The van der Waals surface area contributed by atoms with E-state index in [0.29, 0.717) is 5.95 Å². The van der Waals surface area contributed by atoms with E-state index in [1.165, 1.54) is 0 Å². The molecule has 1 aromatic heterocycles. The summed E-state index contributed by atoms with van der Waals surface area (Å²) in [4.78, 5) is 22.6. The molecule has 0 bridgehead atoms. The van der Waals surface area contributed by atoms with Crippen molar-refractivity contribution in [1.82, 2.24) is 15.3 Å². The molecule has 0 spiro atoms. The summed E-state index contributed by atoms with van der Waals surface area (Å²) in [5.74, 6) is 1.86. The minimum Gasteiger partial charge on any atom is -0.359 e. The average Bonchev–Trinajstić information content (AvgIpc) is 2.46. The van der Waals surface area contributed by atoms with Crippen LogP contribution in [0.15, 0.2) is 6.07 Å². The molecule has 1 aromatic rings. The molecular formula is C13H21N5O. The fourth-order valence-corrected chi connectivity index (χ4v) is 2.40. The van der Waals surface area contributed by atoms with Gasteiger partial charge in [-0.1, -0.05) is 0 Å². The summed E-state index contributed by atoms with van der Waals surface area (Å²) in [6, 6.07) is 1.99. The van der Waals surface area contributed by atoms with E-state index >= 15 is 0 Å². The molecule has 6 nitrogen and oxygen atoms in total. The summed E-state index contributed by atoms with van der Waals surface area (Å²) >= 11 is 0. The van der Waals surface area contributed by atoms with Crippen LogP contribution in [0.4, 0.5) is 11.8 Å². The molecule has 19 heavy (non-hydrogen) atoms. The predicted molar refractivity (Wildman–Crippen MR) is 75.3 cm³/mol. The predicted octanol–water partition coefficient (Wildman–Crippen LogP) is 0.789. The Bertz CT molecular complexity index is 454. The van der Waals surface area contributed by atoms with Gasteiger partial charge in [-0.05, 0) is 19.8 Å². The second kappa shape index (κ2) is 5.86. The number of nitrogens with one attached hydrogen (secondary N) is 2. The van der Waals surface area contributed by atoms with Gasteiger partial charge in [0, 0.05) is 44.9 Å². The van der Waals surface area contributed by atoms with Crippen molar-refractivity contribution in [2.45, 2.75) is 19.8 Å². The van der Waals surface area contributed by atoms with E-state index in [1.54, 1.807) is 7.05 Å². The molecule has 2 heterocycles. The summed E-state index contributed by atoms with van der Waals surface area (Å²) in [5, 5.41) is 5.69. The Morgan fingerprint density at radius 2 is 2.00 bits per heavy atom. The number of piperidine rings is 1. The second-order valence-corrected chi connectivity index (χ2v) is 4.82. The first-order chi connectivity index (χ1) is 9.13. The maximum Gasteiger partial charge on any atom is 0.224 e. The molecule has 0 saturated carbocycles. The Labute approximate surface area is 113 Å². The third-order valence-corrected chi connectivity index (χ3v) is 3.50. The zero-order chi connectivity index (χ0) is 13.8. The first-order valence-corrected chi connectivity index (χ1v) is 6.64. The summed E-state index contributed by atoms with van der Waals surface area (Å²) in [5.41, 5.74) is 0.947. The lowest BCUT2D eigenvalue weighted by Crippen LogP contribution is -2.40. The topological polar surface area (TPSA) is 70.2 Å². The molecule has 1 aliphatic rings. The Kier molecular flexibility index (Phi) is 4.19. The number of rotatable bonds is 3. The minimum absolute atomic E-state index is 0.132. The minimum atomic E-state index is 0.132. The van der Waals surface area contributed by atoms with Gasteiger partial charge in [-0.25, -0.2) is 4.98 Å². The molecular weight excluding hydrogens is 242 g/mol. The van der Waals surface area contributed by atoms with Crippen molar-refractivity contribution in [2.24, 2.45) is 5.92 Å². The average molecular weight is 263 g/mol. The van der Waals surface area contributed by atoms with Crippen LogP contribution in [-0.4, -0.2) is 43.1 Å². The monoisotopic (exact) mass is 263 g/mol. The van der Waals surface area contributed by atoms with Crippen molar-refractivity contribution in [2.75, 3.05) is 37.4 Å². The fraction of sp³-hybridized carbons (Fsp3) is 0.615. The molecule has 0 aliphatic carbocycles. The van der Waals surface area contributed by atoms with Crippen molar-refractivity contribution in [3.63, 3.8) is 0 Å². The van der Waals surface area contributed by atoms with Gasteiger partial charge in [0.25, 0.3) is 0 Å². The summed E-state index contributed by atoms with van der Waals surface area (Å²) < 4.78 is 0. The normalized spacial score (nSPS) is 16.3. The molecule has 1 amide bonds. The zero-order valence-electron chi connectivity index (χ0n) is 11.7. The maximum atomic E-state index is 11.6. The van der Waals surface area contributed by atoms with Crippen LogP contribution < -0.4 is 15.5 Å². The Morgan fingerprint density at radius 3 is 2.58 bits per heavy atom. The van der Waals surface area contributed by atoms with Gasteiger partial charge in [0.1, 0.15) is 5.82 Å². The van der Waals surface area contributed by atoms with Crippen LogP contribution in [0, 0.1) is 12.8 Å². The van der Waals surface area contributed by atoms with Crippen LogP contribution >= 0.6 is 0 Å². The smallest absolute Gasteiger partial charge is 0.224 e. The van der Waals surface area contributed by atoms with E-state index in [2.05, 4.69) is 25.5 Å². The molecule has 1 aliphatic heterocycles. The highest BCUT2D eigenvalue weighted by atomic mass is 16.1. The standard InChI is InChI=1S/C13H21N5O/c1-9-8-11(17-13(15-3)16-9)18-6-4-10(5-7-18)12(19)14-2/h8,10H,4-7H2,1-3H3,(H,14,19)(H,15,16,17). The van der Waals surface area contributed by atoms with Crippen LogP contribution in [0.2, 0.25) is 0 Å². The van der Waals surface area contributed by atoms with Gasteiger partial charge in [0.2, 0.25) is 11.9 Å². The highest BCUT2D eigenvalue weighted by molar-refractivity contribution is 5.78. The van der Waals surface area contributed by atoms with Gasteiger partial charge in [0.05, 0.1) is 0 Å². The zero-order valence-corrected chi connectivity index (χ0v) is 11.7. The highest BCUT2D eigenvalue weighted by Crippen LogP contribution is 2.23. The molecule has 0 radical (unpaired) electrons. The molecule has 1 fully saturated rings. The second-order valence-electron chi connectivity index (χ2n) is 4.82. The number of hydrogen-bond donors (Lipinski definition) is 2. The summed E-state index contributed by atoms with van der Waals surface area (Å²) in [6.07, 6.45) is 1.75. The SMILES string of the molecule is CNC(=O)C1CCN(c2cc(C)nc(NC)n2)CC1. The Hall–Kier alpha value is -1.85. The third-order valence-electron chi connectivity index (χ3n) is 3.50. The van der Waals surface area contributed by atoms with Crippen molar-refractivity contribution in [1.29, 1.82) is 0 Å². The molecule has 1 saturated heterocycles. The first-order valence-electron chi connectivity index (χ1n) is 6.64. The largest absolute Gasteiger partial charge is 0.359 e. The van der Waals surface area contributed by atoms with E-state index < -0.39 is 0 Å². The Balaban J connectivity index is 2.05. The van der Waals surface area contributed by atoms with Gasteiger partial charge in [-0.3, -0.25) is 4.79 Å². The Morgan fingerprint density at radius 1 is 1.32 bits per heavy atom. The van der Waals surface area contributed by atoms with Gasteiger partial charge in [-0.15, -0.1) is 0 Å². The van der Waals surface area contributed by atoms with E-state index in [4.69, 9.17) is 0 Å². The fourth-order valence-electron chi connectivity index (χ4n) is 2.40. The highest BCUT2D eigenvalue weighted by Gasteiger charge is 2.25. The van der Waals surface area contributed by atoms with Gasteiger partial charge in [-0.2, -0.15) is 4.98 Å². The number of aromatic nitrogens is 2. The van der Waals surface area contributed by atoms with E-state index in [-0.39, 0.29) is 11.8 Å². The molecule has 0 atom stereocenters. The van der Waals surface area contributed by atoms with E-state index in [0.717, 1.165) is 37.4 Å². The lowest BCUT2D eigenvalue weighted by atomic mass is 9.96. The number of carbonyl (C=O) groups excluding carboxylic acids is 1. The van der Waals surface area contributed by atoms with Crippen LogP contribution in [-0.2, 0) is 4.79 Å². The quantitative estimate of drug-likeness (QED) is 0.843. The number of aryl methyl sites for hydroxylation is 1. The molecule has 0 aromatic carbocycles. The summed E-state index contributed by atoms with van der Waals surface area (Å²) in [7, 11) is 3.51. The van der Waals surface area contributed by atoms with Gasteiger partial charge < -0.3 is 15.5 Å². The summed E-state index contributed by atoms with van der Waals surface area (Å²) in [6.45, 7) is 3.68. The third kappa shape index (κ3) is 3.13. The van der Waals surface area contributed by atoms with E-state index in [9.17, 15) is 4.79 Å². The number of nitrogens with zero attached hydrogens (tertiary/aromatic N) is 3. The van der Waals surface area contributed by atoms with Gasteiger partial charge in [0.15, 0.2) is 0 Å². The van der Waals surface area contributed by atoms with Crippen LogP contribution in [0.5, 0.6) is 0 Å². The van der Waals surface area contributed by atoms with E-state index in [1.807, 2.05) is 20.0 Å². The number of carbonyl (C=O) groups is 1. The van der Waals surface area contributed by atoms with Crippen molar-refractivity contribution >= 4 is 17.7 Å². The van der Waals surface area contributed by atoms with Crippen LogP contribution in [0.1, 0.15) is 18.5 Å². The van der Waals surface area contributed by atoms with Crippen molar-refractivity contribution < 1.29 is 4.79 Å². The van der Waals surface area contributed by atoms with Crippen molar-refractivity contribution in [3.8, 4) is 0 Å². The number of hydrogen-bond acceptors (Lipinski definition) is 5. The van der Waals surface area contributed by atoms with Crippen LogP contribution in [0.3, 0.4) is 0 Å². The first kappa shape index (κ1) is 13.6. The lowest BCUT2D eigenvalue weighted by Gasteiger charge is -2.32. The molecule has 2 rings (SSSR count). The number of amides is 1. The van der Waals surface area contributed by atoms with Crippen LogP contribution in [0.25, 0.3) is 0 Å². The molecule has 0 unspecified atom stereocenters.